The highest BCUT2D eigenvalue weighted by Gasteiger charge is 2.06. The van der Waals surface area contributed by atoms with Crippen molar-refractivity contribution in [1.29, 1.82) is 0 Å². The summed E-state index contributed by atoms with van der Waals surface area (Å²) < 4.78 is 2.95. The van der Waals surface area contributed by atoms with E-state index in [9.17, 15) is 0 Å². The zero-order valence-electron chi connectivity index (χ0n) is 10.2. The second kappa shape index (κ2) is 6.42. The smallest absolute Gasteiger partial charge is 0.0967 e. The molecular weight excluding hydrogens is 314 g/mol. The third kappa shape index (κ3) is 3.88. The molecule has 0 spiro atoms. The Morgan fingerprint density at radius 3 is 3.00 bits per heavy atom. The third-order valence-corrected chi connectivity index (χ3v) is 4.00. The van der Waals surface area contributed by atoms with Gasteiger partial charge in [0.2, 0.25) is 0 Å². The predicted octanol–water partition coefficient (Wildman–Crippen LogP) is 1.69. The summed E-state index contributed by atoms with van der Waals surface area (Å²) in [6.07, 6.45) is 1.95. The zero-order chi connectivity index (χ0) is 13.0. The van der Waals surface area contributed by atoms with Crippen LogP contribution in [0.3, 0.4) is 0 Å². The average Bonchev–Trinajstić information content (AvgIpc) is 2.89. The van der Waals surface area contributed by atoms with E-state index >= 15 is 0 Å². The Kier molecular flexibility index (Phi) is 4.87. The molecule has 98 valence electrons. The first-order valence-electron chi connectivity index (χ1n) is 5.68. The molecule has 5 nitrogen and oxygen atoms in total. The van der Waals surface area contributed by atoms with Crippen molar-refractivity contribution in [3.63, 3.8) is 0 Å². The maximum absolute atomic E-state index is 5.47. The lowest BCUT2D eigenvalue weighted by molar-refractivity contribution is 0.315. The van der Waals surface area contributed by atoms with E-state index in [0.717, 1.165) is 18.8 Å². The Labute approximate surface area is 119 Å². The zero-order valence-corrected chi connectivity index (χ0v) is 12.6. The molecule has 0 saturated carbocycles. The minimum Gasteiger partial charge on any atom is -0.329 e. The largest absolute Gasteiger partial charge is 0.329 e. The molecule has 0 aliphatic carbocycles. The lowest BCUT2D eigenvalue weighted by Crippen LogP contribution is -2.17. The molecule has 7 heteroatoms. The van der Waals surface area contributed by atoms with Crippen LogP contribution in [0, 0.1) is 0 Å². The Morgan fingerprint density at radius 1 is 1.50 bits per heavy atom. The van der Waals surface area contributed by atoms with Gasteiger partial charge in [-0.25, -0.2) is 0 Å². The molecule has 0 atom stereocenters. The van der Waals surface area contributed by atoms with Gasteiger partial charge in [0.1, 0.15) is 0 Å². The number of halogens is 1. The van der Waals surface area contributed by atoms with Crippen LogP contribution in [-0.2, 0) is 19.6 Å². The lowest BCUT2D eigenvalue weighted by Gasteiger charge is -2.13. The van der Waals surface area contributed by atoms with Crippen LogP contribution in [0.25, 0.3) is 0 Å². The Hall–Kier alpha value is -0.760. The predicted molar refractivity (Wildman–Crippen MR) is 76.3 cm³/mol. The minimum atomic E-state index is 0.585. The van der Waals surface area contributed by atoms with Crippen molar-refractivity contribution in [2.24, 2.45) is 5.73 Å². The van der Waals surface area contributed by atoms with Gasteiger partial charge in [-0.2, -0.15) is 0 Å². The van der Waals surface area contributed by atoms with Gasteiger partial charge in [0.05, 0.1) is 16.0 Å². The van der Waals surface area contributed by atoms with Gasteiger partial charge in [-0.1, -0.05) is 5.21 Å². The highest BCUT2D eigenvalue weighted by atomic mass is 79.9. The maximum Gasteiger partial charge on any atom is 0.0967 e. The first-order chi connectivity index (χ1) is 8.67. The summed E-state index contributed by atoms with van der Waals surface area (Å²) in [5, 5.41) is 10.3. The Balaban J connectivity index is 1.88. The summed E-state index contributed by atoms with van der Waals surface area (Å²) in [5.41, 5.74) is 7.75. The Bertz CT molecular complexity index is 495. The third-order valence-electron chi connectivity index (χ3n) is 2.45. The van der Waals surface area contributed by atoms with E-state index < -0.39 is 0 Å². The van der Waals surface area contributed by atoms with E-state index in [1.807, 2.05) is 6.20 Å². The molecule has 0 fully saturated rings. The molecule has 18 heavy (non-hydrogen) atoms. The molecule has 0 aromatic carbocycles. The van der Waals surface area contributed by atoms with Crippen molar-refractivity contribution in [1.82, 2.24) is 19.9 Å². The van der Waals surface area contributed by atoms with E-state index in [0.29, 0.717) is 13.1 Å². The molecule has 0 aliphatic rings. The van der Waals surface area contributed by atoms with Crippen molar-refractivity contribution >= 4 is 27.3 Å². The van der Waals surface area contributed by atoms with Crippen LogP contribution in [0.4, 0.5) is 0 Å². The highest BCUT2D eigenvalue weighted by Crippen LogP contribution is 2.21. The molecule has 0 aliphatic heterocycles. The van der Waals surface area contributed by atoms with E-state index in [-0.39, 0.29) is 0 Å². The van der Waals surface area contributed by atoms with Crippen LogP contribution in [0.5, 0.6) is 0 Å². The van der Waals surface area contributed by atoms with Crippen molar-refractivity contribution < 1.29 is 0 Å². The summed E-state index contributed by atoms with van der Waals surface area (Å²) in [7, 11) is 2.08. The van der Waals surface area contributed by atoms with Crippen LogP contribution in [-0.4, -0.2) is 33.5 Å². The van der Waals surface area contributed by atoms with E-state index in [2.05, 4.69) is 49.6 Å². The van der Waals surface area contributed by atoms with Crippen LogP contribution >= 0.6 is 27.3 Å². The number of nitrogens with two attached hydrogens (primary N) is 1. The molecule has 2 heterocycles. The molecule has 0 radical (unpaired) electrons. The second-order valence-corrected chi connectivity index (χ2v) is 6.48. The van der Waals surface area contributed by atoms with Gasteiger partial charge in [-0.3, -0.25) is 9.58 Å². The molecule has 0 saturated heterocycles. The Morgan fingerprint density at radius 2 is 2.33 bits per heavy atom. The monoisotopic (exact) mass is 329 g/mol. The molecule has 2 rings (SSSR count). The summed E-state index contributed by atoms with van der Waals surface area (Å²) in [6.45, 7) is 3.00. The van der Waals surface area contributed by atoms with Crippen LogP contribution in [0.15, 0.2) is 21.4 Å². The van der Waals surface area contributed by atoms with Gasteiger partial charge in [-0.15, -0.1) is 16.4 Å². The average molecular weight is 330 g/mol. The number of hydrogen-bond acceptors (Lipinski definition) is 5. The van der Waals surface area contributed by atoms with Gasteiger partial charge >= 0.3 is 0 Å². The SMILES string of the molecule is CN(Cc1csc(Br)c1)Cc1cn(CCN)nn1. The first-order valence-corrected chi connectivity index (χ1v) is 7.35. The summed E-state index contributed by atoms with van der Waals surface area (Å²) in [5.74, 6) is 0. The van der Waals surface area contributed by atoms with Crippen molar-refractivity contribution in [3.05, 3.63) is 32.7 Å². The van der Waals surface area contributed by atoms with Gasteiger partial charge in [0, 0.05) is 25.8 Å². The van der Waals surface area contributed by atoms with Crippen LogP contribution in [0.1, 0.15) is 11.3 Å². The van der Waals surface area contributed by atoms with Gasteiger partial charge in [0.25, 0.3) is 0 Å². The second-order valence-electron chi connectivity index (χ2n) is 4.19. The van der Waals surface area contributed by atoms with Crippen molar-refractivity contribution in [3.8, 4) is 0 Å². The standard InChI is InChI=1S/C11H16BrN5S/c1-16(5-9-4-11(12)18-8-9)6-10-7-17(3-2-13)15-14-10/h4,7-8H,2-3,5-6,13H2,1H3. The molecular formula is C11H16BrN5S. The molecule has 2 N–H and O–H groups in total. The maximum atomic E-state index is 5.47. The molecule has 2 aromatic rings. The normalized spacial score (nSPS) is 11.3. The summed E-state index contributed by atoms with van der Waals surface area (Å²) >= 11 is 5.18. The fraction of sp³-hybridized carbons (Fsp3) is 0.455. The lowest BCUT2D eigenvalue weighted by atomic mass is 10.3. The quantitative estimate of drug-likeness (QED) is 0.876. The van der Waals surface area contributed by atoms with Crippen molar-refractivity contribution in [2.45, 2.75) is 19.6 Å². The molecule has 0 amide bonds. The number of nitrogens with zero attached hydrogens (tertiary/aromatic N) is 4. The number of rotatable bonds is 6. The van der Waals surface area contributed by atoms with Crippen LogP contribution < -0.4 is 5.73 Å². The number of hydrogen-bond donors (Lipinski definition) is 1. The summed E-state index contributed by atoms with van der Waals surface area (Å²) in [4.78, 5) is 2.21. The minimum absolute atomic E-state index is 0.585. The molecule has 0 unspecified atom stereocenters. The van der Waals surface area contributed by atoms with Gasteiger partial charge in [-0.05, 0) is 40.0 Å². The molecule has 0 bridgehead atoms. The molecule has 2 aromatic heterocycles. The number of aromatic nitrogens is 3. The highest BCUT2D eigenvalue weighted by molar-refractivity contribution is 9.11. The topological polar surface area (TPSA) is 60.0 Å². The van der Waals surface area contributed by atoms with Crippen molar-refractivity contribution in [2.75, 3.05) is 13.6 Å². The fourth-order valence-electron chi connectivity index (χ4n) is 1.73. The van der Waals surface area contributed by atoms with E-state index in [4.69, 9.17) is 5.73 Å². The van der Waals surface area contributed by atoms with Crippen LogP contribution in [0.2, 0.25) is 0 Å². The van der Waals surface area contributed by atoms with E-state index in [1.54, 1.807) is 16.0 Å². The summed E-state index contributed by atoms with van der Waals surface area (Å²) in [6, 6.07) is 2.15. The first kappa shape index (κ1) is 13.7. The number of thiophene rings is 1. The van der Waals surface area contributed by atoms with E-state index in [1.165, 1.54) is 9.35 Å². The fourth-order valence-corrected chi connectivity index (χ4v) is 2.93. The van der Waals surface area contributed by atoms with Gasteiger partial charge < -0.3 is 5.73 Å². The van der Waals surface area contributed by atoms with Gasteiger partial charge in [0.15, 0.2) is 0 Å².